The molecule has 0 saturated carbocycles. The Morgan fingerprint density at radius 3 is 2.67 bits per heavy atom. The molecule has 0 bridgehead atoms. The van der Waals surface area contributed by atoms with Crippen LogP contribution in [0.3, 0.4) is 0 Å². The fraction of sp³-hybridized carbons (Fsp3) is 0.700. The summed E-state index contributed by atoms with van der Waals surface area (Å²) in [6.07, 6.45) is 5.18. The lowest BCUT2D eigenvalue weighted by Gasteiger charge is -2.24. The second-order valence-corrected chi connectivity index (χ2v) is 6.51. The van der Waals surface area contributed by atoms with Crippen molar-refractivity contribution in [3.05, 3.63) is 29.8 Å². The fourth-order valence-corrected chi connectivity index (χ4v) is 3.20. The molecule has 1 aromatic rings. The number of ether oxygens (including phenoxy) is 2. The second kappa shape index (κ2) is 11.5. The van der Waals surface area contributed by atoms with E-state index in [1.54, 1.807) is 0 Å². The Morgan fingerprint density at radius 2 is 2.00 bits per heavy atom. The van der Waals surface area contributed by atoms with E-state index in [0.29, 0.717) is 6.10 Å². The zero-order chi connectivity index (χ0) is 17.0. The van der Waals surface area contributed by atoms with Gasteiger partial charge in [0, 0.05) is 26.2 Å². The summed E-state index contributed by atoms with van der Waals surface area (Å²) in [4.78, 5) is 2.54. The molecule has 1 N–H and O–H groups in total. The molecule has 1 unspecified atom stereocenters. The van der Waals surface area contributed by atoms with E-state index < -0.39 is 0 Å². The molecule has 1 heterocycles. The maximum atomic E-state index is 5.77. The lowest BCUT2D eigenvalue weighted by atomic mass is 10.1. The van der Waals surface area contributed by atoms with Crippen LogP contribution in [-0.4, -0.2) is 56.9 Å². The van der Waals surface area contributed by atoms with Crippen LogP contribution >= 0.6 is 0 Å². The summed E-state index contributed by atoms with van der Waals surface area (Å²) >= 11 is 0. The van der Waals surface area contributed by atoms with Crippen LogP contribution in [0, 0.1) is 0 Å². The number of nitrogens with zero attached hydrogens (tertiary/aromatic N) is 1. The van der Waals surface area contributed by atoms with E-state index in [-0.39, 0.29) is 0 Å². The lowest BCUT2D eigenvalue weighted by molar-refractivity contribution is 0.0734. The number of hydrogen-bond donors (Lipinski definition) is 1. The highest BCUT2D eigenvalue weighted by molar-refractivity contribution is 5.27. The van der Waals surface area contributed by atoms with Gasteiger partial charge in [-0.1, -0.05) is 19.1 Å². The molecule has 0 spiro atoms. The van der Waals surface area contributed by atoms with Gasteiger partial charge in [-0.05, 0) is 63.4 Å². The van der Waals surface area contributed by atoms with Crippen molar-refractivity contribution < 1.29 is 9.47 Å². The summed E-state index contributed by atoms with van der Waals surface area (Å²) in [5, 5.41) is 3.57. The summed E-state index contributed by atoms with van der Waals surface area (Å²) in [6.45, 7) is 11.4. The topological polar surface area (TPSA) is 33.7 Å². The van der Waals surface area contributed by atoms with E-state index in [4.69, 9.17) is 9.47 Å². The number of hydrogen-bond acceptors (Lipinski definition) is 4. The fourth-order valence-electron chi connectivity index (χ4n) is 3.20. The van der Waals surface area contributed by atoms with Crippen LogP contribution in [0.5, 0.6) is 5.75 Å². The standard InChI is InChI=1S/C20H34N2O2/c1-3-14-22(17-20-6-5-16-24-20)15-13-21-12-11-18-7-9-19(10-8-18)23-4-2/h7-10,20-21H,3-6,11-17H2,1-2H3. The first kappa shape index (κ1) is 19.2. The van der Waals surface area contributed by atoms with Gasteiger partial charge in [-0.25, -0.2) is 0 Å². The predicted molar refractivity (Wildman–Crippen MR) is 99.9 cm³/mol. The SMILES string of the molecule is CCCN(CCNCCc1ccc(OCC)cc1)CC1CCCO1. The minimum Gasteiger partial charge on any atom is -0.494 e. The minimum absolute atomic E-state index is 0.459. The Balaban J connectivity index is 1.59. The Bertz CT molecular complexity index is 430. The van der Waals surface area contributed by atoms with Crippen molar-refractivity contribution in [2.45, 2.75) is 45.6 Å². The van der Waals surface area contributed by atoms with Gasteiger partial charge in [0.15, 0.2) is 0 Å². The Morgan fingerprint density at radius 1 is 1.17 bits per heavy atom. The molecule has 1 aromatic carbocycles. The molecule has 24 heavy (non-hydrogen) atoms. The first-order chi connectivity index (χ1) is 11.8. The first-order valence-electron chi connectivity index (χ1n) is 9.58. The lowest BCUT2D eigenvalue weighted by Crippen LogP contribution is -2.38. The zero-order valence-electron chi connectivity index (χ0n) is 15.4. The van der Waals surface area contributed by atoms with Crippen LogP contribution in [0.4, 0.5) is 0 Å². The molecule has 1 saturated heterocycles. The number of rotatable bonds is 12. The van der Waals surface area contributed by atoms with E-state index in [0.717, 1.165) is 51.6 Å². The quantitative estimate of drug-likeness (QED) is 0.596. The van der Waals surface area contributed by atoms with Gasteiger partial charge in [0.2, 0.25) is 0 Å². The maximum absolute atomic E-state index is 5.77. The minimum atomic E-state index is 0.459. The highest BCUT2D eigenvalue weighted by Crippen LogP contribution is 2.13. The molecule has 0 aromatic heterocycles. The van der Waals surface area contributed by atoms with E-state index >= 15 is 0 Å². The first-order valence-corrected chi connectivity index (χ1v) is 9.58. The van der Waals surface area contributed by atoms with Crippen molar-refractivity contribution in [1.29, 1.82) is 0 Å². The van der Waals surface area contributed by atoms with Gasteiger partial charge < -0.3 is 14.8 Å². The third-order valence-electron chi connectivity index (χ3n) is 4.46. The van der Waals surface area contributed by atoms with Gasteiger partial charge in [-0.15, -0.1) is 0 Å². The molecule has 4 heteroatoms. The van der Waals surface area contributed by atoms with Gasteiger partial charge in [0.1, 0.15) is 5.75 Å². The number of benzene rings is 1. The Kier molecular flexibility index (Phi) is 9.18. The Labute approximate surface area is 147 Å². The van der Waals surface area contributed by atoms with Crippen LogP contribution in [-0.2, 0) is 11.2 Å². The molecule has 0 aliphatic carbocycles. The zero-order valence-corrected chi connectivity index (χ0v) is 15.4. The van der Waals surface area contributed by atoms with Crippen molar-refractivity contribution in [2.75, 3.05) is 45.9 Å². The van der Waals surface area contributed by atoms with E-state index in [1.807, 2.05) is 6.92 Å². The molecule has 0 amide bonds. The van der Waals surface area contributed by atoms with Crippen LogP contribution in [0.1, 0.15) is 38.7 Å². The third kappa shape index (κ3) is 7.20. The summed E-state index contributed by atoms with van der Waals surface area (Å²) in [5.74, 6) is 0.957. The highest BCUT2D eigenvalue weighted by atomic mass is 16.5. The van der Waals surface area contributed by atoms with Crippen LogP contribution < -0.4 is 10.1 Å². The van der Waals surface area contributed by atoms with E-state index in [1.165, 1.54) is 31.4 Å². The van der Waals surface area contributed by atoms with Crippen molar-refractivity contribution >= 4 is 0 Å². The summed E-state index contributed by atoms with van der Waals surface area (Å²) in [5.41, 5.74) is 1.36. The average Bonchev–Trinajstić information content (AvgIpc) is 3.09. The summed E-state index contributed by atoms with van der Waals surface area (Å²) in [7, 11) is 0. The maximum Gasteiger partial charge on any atom is 0.119 e. The predicted octanol–water partition coefficient (Wildman–Crippen LogP) is 3.11. The van der Waals surface area contributed by atoms with Crippen molar-refractivity contribution in [3.8, 4) is 5.75 Å². The monoisotopic (exact) mass is 334 g/mol. The third-order valence-corrected chi connectivity index (χ3v) is 4.46. The van der Waals surface area contributed by atoms with Gasteiger partial charge in [0.25, 0.3) is 0 Å². The summed E-state index contributed by atoms with van der Waals surface area (Å²) in [6, 6.07) is 8.44. The molecule has 1 fully saturated rings. The molecule has 1 aliphatic heterocycles. The normalized spacial score (nSPS) is 17.5. The molecule has 1 atom stereocenters. The largest absolute Gasteiger partial charge is 0.494 e. The van der Waals surface area contributed by atoms with E-state index in [2.05, 4.69) is 41.4 Å². The van der Waals surface area contributed by atoms with Crippen molar-refractivity contribution in [1.82, 2.24) is 10.2 Å². The highest BCUT2D eigenvalue weighted by Gasteiger charge is 2.18. The van der Waals surface area contributed by atoms with Gasteiger partial charge in [-0.2, -0.15) is 0 Å². The number of nitrogens with one attached hydrogen (secondary N) is 1. The van der Waals surface area contributed by atoms with Gasteiger partial charge >= 0.3 is 0 Å². The molecule has 0 radical (unpaired) electrons. The molecular weight excluding hydrogens is 300 g/mol. The van der Waals surface area contributed by atoms with Crippen LogP contribution in [0.25, 0.3) is 0 Å². The molecule has 4 nitrogen and oxygen atoms in total. The molecular formula is C20H34N2O2. The average molecular weight is 335 g/mol. The van der Waals surface area contributed by atoms with Gasteiger partial charge in [0.05, 0.1) is 12.7 Å². The van der Waals surface area contributed by atoms with Gasteiger partial charge in [-0.3, -0.25) is 4.90 Å². The molecule has 2 rings (SSSR count). The van der Waals surface area contributed by atoms with Crippen molar-refractivity contribution in [2.24, 2.45) is 0 Å². The van der Waals surface area contributed by atoms with Crippen molar-refractivity contribution in [3.63, 3.8) is 0 Å². The Hall–Kier alpha value is -1.10. The van der Waals surface area contributed by atoms with E-state index in [9.17, 15) is 0 Å². The molecule has 1 aliphatic rings. The molecule has 136 valence electrons. The second-order valence-electron chi connectivity index (χ2n) is 6.51. The smallest absolute Gasteiger partial charge is 0.119 e. The van der Waals surface area contributed by atoms with Crippen LogP contribution in [0.15, 0.2) is 24.3 Å². The summed E-state index contributed by atoms with van der Waals surface area (Å²) < 4.78 is 11.2. The van der Waals surface area contributed by atoms with Crippen LogP contribution in [0.2, 0.25) is 0 Å².